The number of urea groups is 1. The van der Waals surface area contributed by atoms with Crippen LogP contribution in [0.25, 0.3) is 0 Å². The smallest absolute Gasteiger partial charge is 0.314 e. The minimum atomic E-state index is -0.228. The molecule has 0 unspecified atom stereocenters. The van der Waals surface area contributed by atoms with Gasteiger partial charge < -0.3 is 15.4 Å². The summed E-state index contributed by atoms with van der Waals surface area (Å²) in [5.74, 6) is 0.397. The van der Waals surface area contributed by atoms with Crippen molar-refractivity contribution in [1.82, 2.24) is 10.6 Å². The van der Waals surface area contributed by atoms with Gasteiger partial charge in [0.2, 0.25) is 0 Å². The van der Waals surface area contributed by atoms with Crippen LogP contribution >= 0.6 is 11.8 Å². The number of thioether (sulfide) groups is 1. The second-order valence-electron chi connectivity index (χ2n) is 3.66. The molecule has 0 saturated carbocycles. The van der Waals surface area contributed by atoms with Crippen LogP contribution in [0.3, 0.4) is 0 Å². The highest BCUT2D eigenvalue weighted by Crippen LogP contribution is 2.20. The third-order valence-corrected chi connectivity index (χ3v) is 3.27. The minimum absolute atomic E-state index is 0.228. The number of carbonyl (C=O) groups is 1. The molecule has 1 aromatic carbocycles. The molecule has 0 aliphatic heterocycles. The lowest BCUT2D eigenvalue weighted by atomic mass is 10.3. The largest absolute Gasteiger partial charge is 0.380 e. The molecule has 2 amide bonds. The maximum atomic E-state index is 13.3. The van der Waals surface area contributed by atoms with Crippen LogP contribution < -0.4 is 10.6 Å². The number of hydrogen-bond donors (Lipinski definition) is 2. The maximum absolute atomic E-state index is 13.3. The summed E-state index contributed by atoms with van der Waals surface area (Å²) < 4.78 is 18.4. The zero-order valence-electron chi connectivity index (χ0n) is 10.9. The summed E-state index contributed by atoms with van der Waals surface area (Å²) in [7, 11) is 0. The molecule has 106 valence electrons. The molecule has 0 saturated heterocycles. The van der Waals surface area contributed by atoms with Crippen LogP contribution in [-0.2, 0) is 4.74 Å². The summed E-state index contributed by atoms with van der Waals surface area (Å²) >= 11 is 1.38. The van der Waals surface area contributed by atoms with E-state index in [1.807, 2.05) is 6.92 Å². The number of benzene rings is 1. The predicted molar refractivity (Wildman–Crippen MR) is 75.0 cm³/mol. The highest BCUT2D eigenvalue weighted by Gasteiger charge is 2.02. The van der Waals surface area contributed by atoms with Gasteiger partial charge >= 0.3 is 6.03 Å². The molecule has 0 aromatic heterocycles. The molecule has 0 spiro atoms. The quantitative estimate of drug-likeness (QED) is 0.569. The van der Waals surface area contributed by atoms with Gasteiger partial charge in [0.15, 0.2) is 0 Å². The van der Waals surface area contributed by atoms with Gasteiger partial charge in [-0.1, -0.05) is 12.1 Å². The second-order valence-corrected chi connectivity index (χ2v) is 4.80. The lowest BCUT2D eigenvalue weighted by Crippen LogP contribution is -2.38. The maximum Gasteiger partial charge on any atom is 0.314 e. The molecule has 0 heterocycles. The number of halogens is 1. The normalized spacial score (nSPS) is 10.2. The van der Waals surface area contributed by atoms with Crippen molar-refractivity contribution in [3.63, 3.8) is 0 Å². The molecule has 19 heavy (non-hydrogen) atoms. The highest BCUT2D eigenvalue weighted by molar-refractivity contribution is 7.99. The number of hydrogen-bond acceptors (Lipinski definition) is 3. The first kappa shape index (κ1) is 15.8. The number of carbonyl (C=O) groups excluding carboxylic acids is 1. The Morgan fingerprint density at radius 3 is 2.79 bits per heavy atom. The van der Waals surface area contributed by atoms with Gasteiger partial charge in [-0.15, -0.1) is 11.8 Å². The van der Waals surface area contributed by atoms with Crippen LogP contribution in [0.1, 0.15) is 6.92 Å². The van der Waals surface area contributed by atoms with E-state index in [-0.39, 0.29) is 11.8 Å². The summed E-state index contributed by atoms with van der Waals surface area (Å²) in [5.41, 5.74) is 0. The zero-order valence-corrected chi connectivity index (χ0v) is 11.8. The van der Waals surface area contributed by atoms with Gasteiger partial charge in [-0.2, -0.15) is 0 Å². The summed E-state index contributed by atoms with van der Waals surface area (Å²) in [4.78, 5) is 11.9. The van der Waals surface area contributed by atoms with Gasteiger partial charge in [0.05, 0.1) is 6.61 Å². The van der Waals surface area contributed by atoms with E-state index in [9.17, 15) is 9.18 Å². The topological polar surface area (TPSA) is 50.4 Å². The number of nitrogens with one attached hydrogen (secondary N) is 2. The SMILES string of the molecule is CCOCCNC(=O)NCCSc1ccccc1F. The van der Waals surface area contributed by atoms with Crippen molar-refractivity contribution in [3.05, 3.63) is 30.1 Å². The third-order valence-electron chi connectivity index (χ3n) is 2.22. The molecule has 0 atom stereocenters. The third kappa shape index (κ3) is 7.03. The first-order chi connectivity index (χ1) is 9.24. The lowest BCUT2D eigenvalue weighted by molar-refractivity contribution is 0.149. The van der Waals surface area contributed by atoms with Gasteiger partial charge in [0.1, 0.15) is 5.82 Å². The molecule has 6 heteroatoms. The van der Waals surface area contributed by atoms with E-state index in [0.29, 0.717) is 37.0 Å². The van der Waals surface area contributed by atoms with E-state index in [2.05, 4.69) is 10.6 Å². The zero-order chi connectivity index (χ0) is 13.9. The van der Waals surface area contributed by atoms with Crippen molar-refractivity contribution in [2.45, 2.75) is 11.8 Å². The number of ether oxygens (including phenoxy) is 1. The molecule has 0 radical (unpaired) electrons. The minimum Gasteiger partial charge on any atom is -0.380 e. The lowest BCUT2D eigenvalue weighted by Gasteiger charge is -2.07. The van der Waals surface area contributed by atoms with E-state index in [4.69, 9.17) is 4.74 Å². The summed E-state index contributed by atoms with van der Waals surface area (Å²) in [6.45, 7) is 4.02. The fourth-order valence-corrected chi connectivity index (χ4v) is 2.14. The summed E-state index contributed by atoms with van der Waals surface area (Å²) in [6, 6.07) is 6.37. The van der Waals surface area contributed by atoms with Crippen molar-refractivity contribution in [2.24, 2.45) is 0 Å². The highest BCUT2D eigenvalue weighted by atomic mass is 32.2. The van der Waals surface area contributed by atoms with Gasteiger partial charge in [-0.3, -0.25) is 0 Å². The van der Waals surface area contributed by atoms with Crippen molar-refractivity contribution < 1.29 is 13.9 Å². The first-order valence-corrected chi connectivity index (χ1v) is 7.19. The Bertz CT molecular complexity index is 391. The van der Waals surface area contributed by atoms with Crippen LogP contribution in [0.5, 0.6) is 0 Å². The van der Waals surface area contributed by atoms with Crippen molar-refractivity contribution >= 4 is 17.8 Å². The summed E-state index contributed by atoms with van der Waals surface area (Å²) in [6.07, 6.45) is 0. The summed E-state index contributed by atoms with van der Waals surface area (Å²) in [5, 5.41) is 5.37. The molecule has 0 bridgehead atoms. The van der Waals surface area contributed by atoms with Crippen LogP contribution in [-0.4, -0.2) is 38.1 Å². The molecular formula is C13H19FN2O2S. The monoisotopic (exact) mass is 286 g/mol. The van der Waals surface area contributed by atoms with Gasteiger partial charge in [0, 0.05) is 30.3 Å². The molecule has 0 fully saturated rings. The Morgan fingerprint density at radius 2 is 2.05 bits per heavy atom. The first-order valence-electron chi connectivity index (χ1n) is 6.20. The van der Waals surface area contributed by atoms with E-state index in [1.54, 1.807) is 18.2 Å². The Morgan fingerprint density at radius 1 is 1.32 bits per heavy atom. The molecular weight excluding hydrogens is 267 g/mol. The Balaban J connectivity index is 2.07. The van der Waals surface area contributed by atoms with E-state index in [1.165, 1.54) is 17.8 Å². The Kier molecular flexibility index (Phi) is 8.00. The van der Waals surface area contributed by atoms with E-state index < -0.39 is 0 Å². The van der Waals surface area contributed by atoms with Crippen LogP contribution in [0.15, 0.2) is 29.2 Å². The molecule has 4 nitrogen and oxygen atoms in total. The molecule has 0 aliphatic rings. The van der Waals surface area contributed by atoms with E-state index >= 15 is 0 Å². The molecule has 1 aromatic rings. The average Bonchev–Trinajstić information content (AvgIpc) is 2.41. The predicted octanol–water partition coefficient (Wildman–Crippen LogP) is 2.25. The Labute approximate surface area is 117 Å². The molecule has 1 rings (SSSR count). The fraction of sp³-hybridized carbons (Fsp3) is 0.462. The standard InChI is InChI=1S/C13H19FN2O2S/c1-2-18-9-7-15-13(17)16-8-10-19-12-6-4-3-5-11(12)14/h3-6H,2,7-10H2,1H3,(H2,15,16,17). The molecule has 2 N–H and O–H groups in total. The van der Waals surface area contributed by atoms with Gasteiger partial charge in [-0.05, 0) is 19.1 Å². The van der Waals surface area contributed by atoms with Crippen LogP contribution in [0.4, 0.5) is 9.18 Å². The van der Waals surface area contributed by atoms with E-state index in [0.717, 1.165) is 0 Å². The fourth-order valence-electron chi connectivity index (χ4n) is 1.33. The van der Waals surface area contributed by atoms with Crippen LogP contribution in [0, 0.1) is 5.82 Å². The molecule has 0 aliphatic carbocycles. The van der Waals surface area contributed by atoms with Crippen molar-refractivity contribution in [3.8, 4) is 0 Å². The number of amides is 2. The second kappa shape index (κ2) is 9.63. The van der Waals surface area contributed by atoms with Gasteiger partial charge in [-0.25, -0.2) is 9.18 Å². The van der Waals surface area contributed by atoms with Crippen molar-refractivity contribution in [2.75, 3.05) is 32.1 Å². The van der Waals surface area contributed by atoms with Gasteiger partial charge in [0.25, 0.3) is 0 Å². The Hall–Kier alpha value is -1.27. The number of rotatable bonds is 8. The van der Waals surface area contributed by atoms with Crippen LogP contribution in [0.2, 0.25) is 0 Å². The van der Waals surface area contributed by atoms with Crippen molar-refractivity contribution in [1.29, 1.82) is 0 Å². The average molecular weight is 286 g/mol.